The summed E-state index contributed by atoms with van der Waals surface area (Å²) in [6.45, 7) is 11.4. The highest BCUT2D eigenvalue weighted by Gasteiger charge is 2.10. The van der Waals surface area contributed by atoms with Gasteiger partial charge in [0, 0.05) is 0 Å². The van der Waals surface area contributed by atoms with Gasteiger partial charge < -0.3 is 9.84 Å². The number of ether oxygens (including phenoxy) is 1. The number of phenols is 1. The fourth-order valence-corrected chi connectivity index (χ4v) is 2.92. The largest absolute Gasteiger partial charge is 0.508 e. The normalized spacial score (nSPS) is 11.0. The SMILES string of the molecule is CCCOc1cc(C)c(Cc2ccc(O)c(C(C)C)c2)c(C)c1. The quantitative estimate of drug-likeness (QED) is 0.762. The van der Waals surface area contributed by atoms with Crippen molar-refractivity contribution in [1.29, 1.82) is 0 Å². The zero-order chi connectivity index (χ0) is 17.0. The molecule has 0 radical (unpaired) electrons. The number of rotatable bonds is 6. The minimum Gasteiger partial charge on any atom is -0.508 e. The second kappa shape index (κ2) is 7.54. The van der Waals surface area contributed by atoms with Gasteiger partial charge in [0.05, 0.1) is 6.61 Å². The number of benzene rings is 2. The summed E-state index contributed by atoms with van der Waals surface area (Å²) in [5.41, 5.74) is 6.11. The van der Waals surface area contributed by atoms with Gasteiger partial charge in [0.25, 0.3) is 0 Å². The van der Waals surface area contributed by atoms with E-state index in [9.17, 15) is 5.11 Å². The zero-order valence-corrected chi connectivity index (χ0v) is 14.9. The Labute approximate surface area is 140 Å². The first kappa shape index (κ1) is 17.4. The lowest BCUT2D eigenvalue weighted by Crippen LogP contribution is -2.01. The molecule has 1 N–H and O–H groups in total. The van der Waals surface area contributed by atoms with Crippen LogP contribution in [0.5, 0.6) is 11.5 Å². The standard InChI is InChI=1S/C21H28O2/c1-6-9-23-18-10-15(4)20(16(5)11-18)13-17-7-8-21(22)19(12-17)14(2)3/h7-8,10-12,14,22H,6,9,13H2,1-5H3. The third-order valence-electron chi connectivity index (χ3n) is 4.24. The number of hydrogen-bond acceptors (Lipinski definition) is 2. The monoisotopic (exact) mass is 312 g/mol. The average molecular weight is 312 g/mol. The maximum Gasteiger partial charge on any atom is 0.119 e. The highest BCUT2D eigenvalue weighted by atomic mass is 16.5. The van der Waals surface area contributed by atoms with Crippen LogP contribution in [0, 0.1) is 13.8 Å². The van der Waals surface area contributed by atoms with E-state index in [4.69, 9.17) is 4.74 Å². The van der Waals surface area contributed by atoms with Crippen LogP contribution < -0.4 is 4.74 Å². The Kier molecular flexibility index (Phi) is 5.70. The van der Waals surface area contributed by atoms with Crippen LogP contribution in [0.1, 0.15) is 60.9 Å². The fourth-order valence-electron chi connectivity index (χ4n) is 2.92. The minimum absolute atomic E-state index is 0.321. The van der Waals surface area contributed by atoms with Crippen LogP contribution in [-0.2, 0) is 6.42 Å². The summed E-state index contributed by atoms with van der Waals surface area (Å²) in [7, 11) is 0. The van der Waals surface area contributed by atoms with E-state index in [1.165, 1.54) is 22.3 Å². The molecule has 2 aromatic carbocycles. The maximum atomic E-state index is 9.98. The summed E-state index contributed by atoms with van der Waals surface area (Å²) in [4.78, 5) is 0. The van der Waals surface area contributed by atoms with Crippen molar-refractivity contribution in [3.63, 3.8) is 0 Å². The van der Waals surface area contributed by atoms with Crippen LogP contribution in [0.3, 0.4) is 0 Å². The molecule has 0 heterocycles. The Morgan fingerprint density at radius 3 is 2.26 bits per heavy atom. The van der Waals surface area contributed by atoms with Crippen molar-refractivity contribution >= 4 is 0 Å². The van der Waals surface area contributed by atoms with Crippen LogP contribution in [0.2, 0.25) is 0 Å². The van der Waals surface area contributed by atoms with Gasteiger partial charge in [0.1, 0.15) is 11.5 Å². The molecule has 23 heavy (non-hydrogen) atoms. The summed E-state index contributed by atoms with van der Waals surface area (Å²) >= 11 is 0. The number of aromatic hydroxyl groups is 1. The summed E-state index contributed by atoms with van der Waals surface area (Å²) in [5, 5.41) is 9.98. The molecule has 2 heteroatoms. The van der Waals surface area contributed by atoms with Crippen molar-refractivity contribution < 1.29 is 9.84 Å². The van der Waals surface area contributed by atoms with E-state index in [0.29, 0.717) is 11.7 Å². The van der Waals surface area contributed by atoms with E-state index in [0.717, 1.165) is 30.8 Å². The molecule has 0 amide bonds. The Morgan fingerprint density at radius 2 is 1.70 bits per heavy atom. The van der Waals surface area contributed by atoms with Crippen LogP contribution in [0.25, 0.3) is 0 Å². The average Bonchev–Trinajstić information content (AvgIpc) is 2.50. The van der Waals surface area contributed by atoms with Gasteiger partial charge in [-0.1, -0.05) is 32.9 Å². The molecule has 2 aromatic rings. The van der Waals surface area contributed by atoms with E-state index in [2.05, 4.69) is 52.8 Å². The molecule has 2 nitrogen and oxygen atoms in total. The molecule has 0 unspecified atom stereocenters. The third kappa shape index (κ3) is 4.28. The van der Waals surface area contributed by atoms with Crippen molar-refractivity contribution in [2.45, 2.75) is 53.4 Å². The summed E-state index contributed by atoms with van der Waals surface area (Å²) < 4.78 is 5.76. The van der Waals surface area contributed by atoms with Crippen molar-refractivity contribution in [2.24, 2.45) is 0 Å². The first-order valence-electron chi connectivity index (χ1n) is 8.47. The Hall–Kier alpha value is -1.96. The predicted octanol–water partition coefficient (Wildman–Crippen LogP) is 5.51. The molecule has 0 fully saturated rings. The predicted molar refractivity (Wildman–Crippen MR) is 96.7 cm³/mol. The molecular weight excluding hydrogens is 284 g/mol. The van der Waals surface area contributed by atoms with E-state index in [1.54, 1.807) is 0 Å². The third-order valence-corrected chi connectivity index (χ3v) is 4.24. The van der Waals surface area contributed by atoms with Crippen LogP contribution in [0.15, 0.2) is 30.3 Å². The fraction of sp³-hybridized carbons (Fsp3) is 0.429. The summed E-state index contributed by atoms with van der Waals surface area (Å²) in [5.74, 6) is 1.67. The van der Waals surface area contributed by atoms with Gasteiger partial charge in [0.15, 0.2) is 0 Å². The van der Waals surface area contributed by atoms with Crippen molar-refractivity contribution in [1.82, 2.24) is 0 Å². The highest BCUT2D eigenvalue weighted by molar-refractivity contribution is 5.45. The molecule has 124 valence electrons. The molecule has 0 atom stereocenters. The van der Waals surface area contributed by atoms with Crippen molar-refractivity contribution in [3.05, 3.63) is 58.1 Å². The van der Waals surface area contributed by atoms with E-state index >= 15 is 0 Å². The first-order chi connectivity index (χ1) is 10.9. The Balaban J connectivity index is 2.28. The number of hydrogen-bond donors (Lipinski definition) is 1. The van der Waals surface area contributed by atoms with Crippen LogP contribution >= 0.6 is 0 Å². The lowest BCUT2D eigenvalue weighted by atomic mass is 9.93. The van der Waals surface area contributed by atoms with E-state index < -0.39 is 0 Å². The summed E-state index contributed by atoms with van der Waals surface area (Å²) in [6, 6.07) is 10.2. The maximum absolute atomic E-state index is 9.98. The summed E-state index contributed by atoms with van der Waals surface area (Å²) in [6.07, 6.45) is 1.90. The molecule has 0 saturated carbocycles. The van der Waals surface area contributed by atoms with E-state index in [-0.39, 0.29) is 0 Å². The topological polar surface area (TPSA) is 29.5 Å². The Bertz CT molecular complexity index is 649. The van der Waals surface area contributed by atoms with Crippen molar-refractivity contribution in [2.75, 3.05) is 6.61 Å². The molecule has 0 saturated heterocycles. The van der Waals surface area contributed by atoms with Gasteiger partial charge in [-0.05, 0) is 78.6 Å². The molecule has 0 spiro atoms. The lowest BCUT2D eigenvalue weighted by molar-refractivity contribution is 0.317. The number of phenolic OH excluding ortho intramolecular Hbond substituents is 1. The van der Waals surface area contributed by atoms with E-state index in [1.807, 2.05) is 12.1 Å². The molecule has 0 aliphatic carbocycles. The second-order valence-electron chi connectivity index (χ2n) is 6.61. The first-order valence-corrected chi connectivity index (χ1v) is 8.47. The molecule has 0 aliphatic rings. The molecule has 0 bridgehead atoms. The van der Waals surface area contributed by atoms with Gasteiger partial charge in [-0.2, -0.15) is 0 Å². The molecule has 0 aliphatic heterocycles. The lowest BCUT2D eigenvalue weighted by Gasteiger charge is -2.15. The van der Waals surface area contributed by atoms with Gasteiger partial charge in [0.2, 0.25) is 0 Å². The van der Waals surface area contributed by atoms with Crippen LogP contribution in [-0.4, -0.2) is 11.7 Å². The number of aryl methyl sites for hydroxylation is 2. The molecule has 0 aromatic heterocycles. The Morgan fingerprint density at radius 1 is 1.04 bits per heavy atom. The zero-order valence-electron chi connectivity index (χ0n) is 14.9. The van der Waals surface area contributed by atoms with Gasteiger partial charge in [-0.15, -0.1) is 0 Å². The van der Waals surface area contributed by atoms with Gasteiger partial charge in [-0.3, -0.25) is 0 Å². The minimum atomic E-state index is 0.321. The smallest absolute Gasteiger partial charge is 0.119 e. The molecular formula is C21H28O2. The van der Waals surface area contributed by atoms with Crippen LogP contribution in [0.4, 0.5) is 0 Å². The highest BCUT2D eigenvalue weighted by Crippen LogP contribution is 2.29. The van der Waals surface area contributed by atoms with Gasteiger partial charge >= 0.3 is 0 Å². The van der Waals surface area contributed by atoms with Crippen molar-refractivity contribution in [3.8, 4) is 11.5 Å². The second-order valence-corrected chi connectivity index (χ2v) is 6.61. The molecule has 2 rings (SSSR count). The van der Waals surface area contributed by atoms with Gasteiger partial charge in [-0.25, -0.2) is 0 Å².